The fourth-order valence-corrected chi connectivity index (χ4v) is 2.94. The average Bonchev–Trinajstić information content (AvgIpc) is 3.14. The molecule has 0 aliphatic rings. The molecule has 0 atom stereocenters. The third-order valence-corrected chi connectivity index (χ3v) is 4.65. The van der Waals surface area contributed by atoms with Crippen molar-refractivity contribution >= 4 is 27.7 Å². The molecule has 0 unspecified atom stereocenters. The Bertz CT molecular complexity index is 938. The lowest BCUT2D eigenvalue weighted by molar-refractivity contribution is 0.101. The van der Waals surface area contributed by atoms with Gasteiger partial charge in [-0.05, 0) is 53.5 Å². The van der Waals surface area contributed by atoms with E-state index in [1.807, 2.05) is 61.3 Å². The number of carbonyl (C=O) groups is 1. The summed E-state index contributed by atoms with van der Waals surface area (Å²) in [6, 6.07) is 13.6. The number of benzene rings is 2. The van der Waals surface area contributed by atoms with Crippen molar-refractivity contribution in [1.29, 1.82) is 0 Å². The van der Waals surface area contributed by atoms with E-state index >= 15 is 0 Å². The lowest BCUT2D eigenvalue weighted by Gasteiger charge is -2.14. The van der Waals surface area contributed by atoms with E-state index in [9.17, 15) is 4.79 Å². The number of halogens is 1. The van der Waals surface area contributed by atoms with Crippen molar-refractivity contribution in [1.82, 2.24) is 10.2 Å². The molecule has 3 rings (SSSR count). The van der Waals surface area contributed by atoms with Crippen LogP contribution in [0.4, 0.5) is 6.01 Å². The Morgan fingerprint density at radius 3 is 2.59 bits per heavy atom. The van der Waals surface area contributed by atoms with E-state index < -0.39 is 0 Å². The molecule has 140 valence electrons. The summed E-state index contributed by atoms with van der Waals surface area (Å²) in [5, 5.41) is 8.28. The highest BCUT2D eigenvalue weighted by Crippen LogP contribution is 2.31. The maximum Gasteiger partial charge on any atom is 0.318 e. The van der Waals surface area contributed by atoms with Gasteiger partial charge in [0.25, 0.3) is 0 Å². The fraction of sp³-hybridized carbons (Fsp3) is 0.250. The maximum atomic E-state index is 11.4. The minimum absolute atomic E-state index is 0.0531. The SMILES string of the molecule is CCOc1cc(-c2nnc(N(C)Cc3ccc(C(C)=O)cc3)o2)ccc1Br. The summed E-state index contributed by atoms with van der Waals surface area (Å²) in [5.74, 6) is 1.21. The van der Waals surface area contributed by atoms with E-state index in [1.165, 1.54) is 0 Å². The molecule has 1 heterocycles. The first-order chi connectivity index (χ1) is 13.0. The number of carbonyl (C=O) groups excluding carboxylic acids is 1. The summed E-state index contributed by atoms with van der Waals surface area (Å²) in [4.78, 5) is 13.2. The van der Waals surface area contributed by atoms with Gasteiger partial charge in [-0.15, -0.1) is 5.10 Å². The van der Waals surface area contributed by atoms with Gasteiger partial charge >= 0.3 is 6.01 Å². The lowest BCUT2D eigenvalue weighted by atomic mass is 10.1. The summed E-state index contributed by atoms with van der Waals surface area (Å²) >= 11 is 3.46. The summed E-state index contributed by atoms with van der Waals surface area (Å²) < 4.78 is 12.3. The Balaban J connectivity index is 1.75. The van der Waals surface area contributed by atoms with E-state index in [0.29, 0.717) is 30.6 Å². The molecule has 3 aromatic rings. The largest absolute Gasteiger partial charge is 0.493 e. The van der Waals surface area contributed by atoms with Crippen LogP contribution in [0.2, 0.25) is 0 Å². The van der Waals surface area contributed by atoms with Crippen molar-refractivity contribution in [2.75, 3.05) is 18.6 Å². The first kappa shape index (κ1) is 19.1. The zero-order valence-electron chi connectivity index (χ0n) is 15.4. The summed E-state index contributed by atoms with van der Waals surface area (Å²) in [6.45, 7) is 4.65. The molecule has 1 aromatic heterocycles. The zero-order valence-corrected chi connectivity index (χ0v) is 17.0. The van der Waals surface area contributed by atoms with Crippen LogP contribution in [0, 0.1) is 0 Å². The van der Waals surface area contributed by atoms with Gasteiger partial charge in [0.1, 0.15) is 5.75 Å². The van der Waals surface area contributed by atoms with Gasteiger partial charge in [0.15, 0.2) is 5.78 Å². The average molecular weight is 430 g/mol. The molecule has 2 aromatic carbocycles. The summed E-state index contributed by atoms with van der Waals surface area (Å²) in [6.07, 6.45) is 0. The van der Waals surface area contributed by atoms with Crippen molar-refractivity contribution in [2.24, 2.45) is 0 Å². The molecule has 0 fully saturated rings. The number of rotatable bonds is 7. The summed E-state index contributed by atoms with van der Waals surface area (Å²) in [7, 11) is 1.88. The monoisotopic (exact) mass is 429 g/mol. The number of Topliss-reactive ketones (excluding diaryl/α,β-unsaturated/α-hetero) is 1. The number of nitrogens with zero attached hydrogens (tertiary/aromatic N) is 3. The molecule has 0 aliphatic heterocycles. The molecule has 0 saturated heterocycles. The van der Waals surface area contributed by atoms with E-state index in [1.54, 1.807) is 6.92 Å². The molecule has 27 heavy (non-hydrogen) atoms. The molecule has 0 radical (unpaired) electrons. The van der Waals surface area contributed by atoms with E-state index in [0.717, 1.165) is 21.3 Å². The summed E-state index contributed by atoms with van der Waals surface area (Å²) in [5.41, 5.74) is 2.53. The smallest absolute Gasteiger partial charge is 0.318 e. The molecular weight excluding hydrogens is 410 g/mol. The van der Waals surface area contributed by atoms with E-state index in [4.69, 9.17) is 9.15 Å². The van der Waals surface area contributed by atoms with Crippen LogP contribution in [-0.4, -0.2) is 29.6 Å². The van der Waals surface area contributed by atoms with E-state index in [2.05, 4.69) is 26.1 Å². The molecule has 7 heteroatoms. The van der Waals surface area contributed by atoms with Crippen LogP contribution < -0.4 is 9.64 Å². The van der Waals surface area contributed by atoms with Crippen molar-refractivity contribution in [3.05, 3.63) is 58.1 Å². The second kappa shape index (κ2) is 8.35. The Kier molecular flexibility index (Phi) is 5.91. The van der Waals surface area contributed by atoms with Crippen molar-refractivity contribution in [2.45, 2.75) is 20.4 Å². The number of ketones is 1. The Hall–Kier alpha value is -2.67. The quantitative estimate of drug-likeness (QED) is 0.505. The predicted molar refractivity (Wildman–Crippen MR) is 107 cm³/mol. The van der Waals surface area contributed by atoms with Crippen molar-refractivity contribution in [3.63, 3.8) is 0 Å². The topological polar surface area (TPSA) is 68.5 Å². The normalized spacial score (nSPS) is 10.7. The zero-order chi connectivity index (χ0) is 19.4. The van der Waals surface area contributed by atoms with Gasteiger partial charge in [-0.3, -0.25) is 4.79 Å². The van der Waals surface area contributed by atoms with Crippen molar-refractivity contribution in [3.8, 4) is 17.2 Å². The van der Waals surface area contributed by atoms with Crippen LogP contribution in [-0.2, 0) is 6.54 Å². The molecule has 6 nitrogen and oxygen atoms in total. The highest BCUT2D eigenvalue weighted by atomic mass is 79.9. The third-order valence-electron chi connectivity index (χ3n) is 4.00. The van der Waals surface area contributed by atoms with Crippen molar-refractivity contribution < 1.29 is 13.9 Å². The minimum Gasteiger partial charge on any atom is -0.493 e. The molecule has 0 spiro atoms. The first-order valence-corrected chi connectivity index (χ1v) is 9.34. The van der Waals surface area contributed by atoms with E-state index in [-0.39, 0.29) is 5.78 Å². The second-order valence-corrected chi connectivity index (χ2v) is 6.93. The molecule has 0 saturated carbocycles. The molecule has 0 aliphatic carbocycles. The van der Waals surface area contributed by atoms with Gasteiger partial charge in [-0.2, -0.15) is 0 Å². The van der Waals surface area contributed by atoms with Gasteiger partial charge in [-0.25, -0.2) is 0 Å². The number of hydrogen-bond donors (Lipinski definition) is 0. The van der Waals surface area contributed by atoms with Crippen LogP contribution >= 0.6 is 15.9 Å². The Morgan fingerprint density at radius 1 is 1.19 bits per heavy atom. The lowest BCUT2D eigenvalue weighted by Crippen LogP contribution is -2.16. The standard InChI is InChI=1S/C20H20BrN3O3/c1-4-26-18-11-16(9-10-17(18)21)19-22-23-20(27-19)24(3)12-14-5-7-15(8-6-14)13(2)25/h5-11H,4,12H2,1-3H3. The Labute approximate surface area is 166 Å². The Morgan fingerprint density at radius 2 is 1.93 bits per heavy atom. The molecular formula is C20H20BrN3O3. The fourth-order valence-electron chi connectivity index (χ4n) is 2.58. The second-order valence-electron chi connectivity index (χ2n) is 6.08. The maximum absolute atomic E-state index is 11.4. The van der Waals surface area contributed by atoms with Crippen LogP contribution in [0.25, 0.3) is 11.5 Å². The highest BCUT2D eigenvalue weighted by Gasteiger charge is 2.14. The first-order valence-electron chi connectivity index (χ1n) is 8.55. The number of ether oxygens (including phenoxy) is 1. The van der Waals surface area contributed by atoms with Crippen LogP contribution in [0.15, 0.2) is 51.4 Å². The number of hydrogen-bond acceptors (Lipinski definition) is 6. The van der Waals surface area contributed by atoms with Gasteiger partial charge < -0.3 is 14.1 Å². The number of anilines is 1. The number of aromatic nitrogens is 2. The highest BCUT2D eigenvalue weighted by molar-refractivity contribution is 9.10. The van der Waals surface area contributed by atoms with Crippen LogP contribution in [0.1, 0.15) is 29.8 Å². The predicted octanol–water partition coefficient (Wildman–Crippen LogP) is 4.74. The molecule has 0 bridgehead atoms. The van der Waals surface area contributed by atoms with Crippen LogP contribution in [0.5, 0.6) is 5.75 Å². The van der Waals surface area contributed by atoms with Crippen LogP contribution in [0.3, 0.4) is 0 Å². The third kappa shape index (κ3) is 4.54. The minimum atomic E-state index is 0.0531. The molecule has 0 amide bonds. The van der Waals surface area contributed by atoms with Gasteiger partial charge in [0, 0.05) is 24.7 Å². The van der Waals surface area contributed by atoms with Gasteiger partial charge in [-0.1, -0.05) is 29.4 Å². The molecule has 0 N–H and O–H groups in total. The van der Waals surface area contributed by atoms with Gasteiger partial charge in [0.2, 0.25) is 5.89 Å². The van der Waals surface area contributed by atoms with Gasteiger partial charge in [0.05, 0.1) is 11.1 Å².